The number of isocyanates is 5. The van der Waals surface area contributed by atoms with Crippen LogP contribution in [0.5, 0.6) is 0 Å². The van der Waals surface area contributed by atoms with E-state index in [-0.39, 0.29) is 18.4 Å². The zero-order valence-corrected chi connectivity index (χ0v) is 32.6. The van der Waals surface area contributed by atoms with Gasteiger partial charge in [-0.2, -0.15) is 41.3 Å². The van der Waals surface area contributed by atoms with Gasteiger partial charge in [-0.25, -0.2) is 42.5 Å². The SMILES string of the molecule is CCOC(=O)N=C=O.O=C=NCCCCl.O=C=Nc1c(Br)cc(Br)cc1Br.O=C=Nc1cc(C(F)(F)F)cc(C(F)(F)F)c1.O=C=Nc1cc(F)ccc1F. The van der Waals surface area contributed by atoms with Crippen molar-refractivity contribution in [2.24, 2.45) is 25.0 Å². The molecule has 0 aliphatic rings. The summed E-state index contributed by atoms with van der Waals surface area (Å²) in [5.74, 6) is -0.819. The molecule has 0 radical (unpaired) electrons. The van der Waals surface area contributed by atoms with E-state index in [0.717, 1.165) is 56.3 Å². The first-order chi connectivity index (χ1) is 25.7. The second-order valence-electron chi connectivity index (χ2n) is 8.60. The van der Waals surface area contributed by atoms with Crippen molar-refractivity contribution in [3.63, 3.8) is 0 Å². The van der Waals surface area contributed by atoms with Crippen LogP contribution in [0.1, 0.15) is 24.5 Å². The van der Waals surface area contributed by atoms with Gasteiger partial charge in [-0.15, -0.1) is 11.6 Å². The predicted molar refractivity (Wildman–Crippen MR) is 189 cm³/mol. The summed E-state index contributed by atoms with van der Waals surface area (Å²) in [7, 11) is 0. The number of benzene rings is 3. The van der Waals surface area contributed by atoms with E-state index in [9.17, 15) is 63.9 Å². The minimum absolute atomic E-state index is 0.0518. The van der Waals surface area contributed by atoms with Crippen molar-refractivity contribution in [1.29, 1.82) is 0 Å². The van der Waals surface area contributed by atoms with Crippen LogP contribution in [0.2, 0.25) is 0 Å². The van der Waals surface area contributed by atoms with Crippen LogP contribution in [-0.4, -0.2) is 55.5 Å². The summed E-state index contributed by atoms with van der Waals surface area (Å²) in [4.78, 5) is 73.3. The quantitative estimate of drug-likeness (QED) is 0.0744. The van der Waals surface area contributed by atoms with Gasteiger partial charge >= 0.3 is 18.4 Å². The van der Waals surface area contributed by atoms with Crippen LogP contribution in [-0.2, 0) is 41.1 Å². The van der Waals surface area contributed by atoms with Crippen LogP contribution in [0.15, 0.2) is 86.9 Å². The van der Waals surface area contributed by atoms with Crippen LogP contribution >= 0.6 is 59.4 Å². The average molecular weight is 1000 g/mol. The molecule has 24 heteroatoms. The third-order valence-corrected chi connectivity index (χ3v) is 6.77. The first-order valence-electron chi connectivity index (χ1n) is 13.7. The molecule has 0 aromatic heterocycles. The topological polar surface area (TPSA) is 173 Å². The molecule has 0 aliphatic carbocycles. The highest BCUT2D eigenvalue weighted by Gasteiger charge is 2.37. The first-order valence-corrected chi connectivity index (χ1v) is 16.6. The van der Waals surface area contributed by atoms with Crippen LogP contribution in [0.4, 0.5) is 57.0 Å². The van der Waals surface area contributed by atoms with Gasteiger partial charge < -0.3 is 4.74 Å². The van der Waals surface area contributed by atoms with Crippen LogP contribution in [0.3, 0.4) is 0 Å². The molecule has 55 heavy (non-hydrogen) atoms. The summed E-state index contributed by atoms with van der Waals surface area (Å²) < 4.78 is 105. The Morgan fingerprint density at radius 1 is 0.745 bits per heavy atom. The number of aliphatic imine (C=N–C) groups is 5. The second-order valence-corrected chi connectivity index (χ2v) is 11.6. The van der Waals surface area contributed by atoms with E-state index in [1.54, 1.807) is 19.1 Å². The van der Waals surface area contributed by atoms with E-state index >= 15 is 0 Å². The number of amides is 1. The highest BCUT2D eigenvalue weighted by molar-refractivity contribution is 9.11. The summed E-state index contributed by atoms with van der Waals surface area (Å²) >= 11 is 15.1. The van der Waals surface area contributed by atoms with Gasteiger partial charge in [0, 0.05) is 25.4 Å². The van der Waals surface area contributed by atoms with Crippen molar-refractivity contribution < 1.29 is 68.6 Å². The van der Waals surface area contributed by atoms with Crippen molar-refractivity contribution in [2.45, 2.75) is 25.7 Å². The molecule has 0 aliphatic heterocycles. The van der Waals surface area contributed by atoms with Crippen molar-refractivity contribution in [3.8, 4) is 0 Å². The molecule has 3 aromatic carbocycles. The molecule has 3 aromatic rings. The minimum atomic E-state index is -4.95. The zero-order chi connectivity index (χ0) is 42.6. The number of alkyl halides is 7. The first kappa shape index (κ1) is 52.3. The van der Waals surface area contributed by atoms with Gasteiger partial charge in [0.05, 0.1) is 30.0 Å². The summed E-state index contributed by atoms with van der Waals surface area (Å²) in [6.07, 6.45) is -4.07. The third kappa shape index (κ3) is 24.3. The number of hydrogen-bond acceptors (Lipinski definition) is 11. The molecule has 1 amide bonds. The Labute approximate surface area is 334 Å². The van der Waals surface area contributed by atoms with Crippen molar-refractivity contribution in [1.82, 2.24) is 0 Å². The van der Waals surface area contributed by atoms with Gasteiger partial charge in [0.2, 0.25) is 30.4 Å². The van der Waals surface area contributed by atoms with Crippen LogP contribution in [0, 0.1) is 11.6 Å². The molecule has 0 saturated heterocycles. The minimum Gasteiger partial charge on any atom is -0.448 e. The van der Waals surface area contributed by atoms with Gasteiger partial charge in [0.1, 0.15) is 23.0 Å². The lowest BCUT2D eigenvalue weighted by Crippen LogP contribution is -2.10. The van der Waals surface area contributed by atoms with E-state index in [1.807, 2.05) is 0 Å². The Bertz CT molecular complexity index is 1920. The molecule has 0 saturated carbocycles. The maximum absolute atomic E-state index is 12.5. The summed E-state index contributed by atoms with van der Waals surface area (Å²) in [6, 6.07) is 6.89. The predicted octanol–water partition coefficient (Wildman–Crippen LogP) is 11.0. The van der Waals surface area contributed by atoms with Gasteiger partial charge in [0.15, 0.2) is 0 Å². The molecule has 0 bridgehead atoms. The number of carbonyl (C=O) groups excluding carboxylic acids is 6. The molecular weight excluding hydrogens is 982 g/mol. The largest absolute Gasteiger partial charge is 0.448 e. The fraction of sp³-hybridized carbons (Fsp3) is 0.226. The van der Waals surface area contributed by atoms with Gasteiger partial charge in [-0.3, -0.25) is 0 Å². The molecule has 294 valence electrons. The van der Waals surface area contributed by atoms with Crippen LogP contribution in [0.25, 0.3) is 0 Å². The Morgan fingerprint density at radius 3 is 1.69 bits per heavy atom. The number of nitrogens with zero attached hydrogens (tertiary/aromatic N) is 5. The molecule has 0 fully saturated rings. The van der Waals surface area contributed by atoms with E-state index in [0.29, 0.717) is 30.2 Å². The molecule has 0 heterocycles. The van der Waals surface area contributed by atoms with E-state index < -0.39 is 46.9 Å². The normalized spacial score (nSPS) is 9.55. The number of ether oxygens (including phenoxy) is 1. The van der Waals surface area contributed by atoms with Crippen molar-refractivity contribution in [3.05, 3.63) is 84.7 Å². The Morgan fingerprint density at radius 2 is 1.27 bits per heavy atom. The average Bonchev–Trinajstić information content (AvgIpc) is 3.09. The zero-order valence-electron chi connectivity index (χ0n) is 27.1. The Hall–Kier alpha value is -4.80. The highest BCUT2D eigenvalue weighted by atomic mass is 79.9. The van der Waals surface area contributed by atoms with Crippen molar-refractivity contribution >= 4 is 113 Å². The molecule has 0 unspecified atom stereocenters. The molecule has 0 atom stereocenters. The fourth-order valence-corrected chi connectivity index (χ4v) is 5.30. The summed E-state index contributed by atoms with van der Waals surface area (Å²) in [5, 5.41) is 0. The summed E-state index contributed by atoms with van der Waals surface area (Å²) in [6.45, 7) is 2.36. The highest BCUT2D eigenvalue weighted by Crippen LogP contribution is 2.38. The Balaban J connectivity index is 0. The van der Waals surface area contributed by atoms with Crippen LogP contribution < -0.4 is 0 Å². The molecule has 0 N–H and O–H groups in total. The Kier molecular flexibility index (Phi) is 27.2. The standard InChI is InChI=1S/C9H3F6NO.C7H2Br3NO.C7H3F2NO.C4H6ClNO.C4H5NO3/c10-8(11,12)5-1-6(9(13,14)15)3-7(2-5)16-4-17;8-4-1-5(9)7(11-3-12)6(10)2-4;8-5-1-2-6(9)7(3-5)10-4-11;5-2-1-3-6-4-7;1-2-8-4(7)5-3-6/h1-3H;1-2H;1-3H;1-3H2;2H2,1H3. The smallest absolute Gasteiger partial charge is 0.444 e. The van der Waals surface area contributed by atoms with E-state index in [4.69, 9.17) is 11.6 Å². The lowest BCUT2D eigenvalue weighted by atomic mass is 10.1. The number of rotatable bonds is 7. The fourth-order valence-electron chi connectivity index (χ4n) is 2.74. The third-order valence-electron chi connectivity index (χ3n) is 4.83. The maximum atomic E-state index is 12.5. The lowest BCUT2D eigenvalue weighted by Gasteiger charge is -2.11. The molecular formula is C31H19Br3ClF8N5O7. The van der Waals surface area contributed by atoms with Gasteiger partial charge in [0.25, 0.3) is 0 Å². The maximum Gasteiger partial charge on any atom is 0.444 e. The number of carbonyl (C=O) groups is 1. The second kappa shape index (κ2) is 28.6. The van der Waals surface area contributed by atoms with E-state index in [1.165, 1.54) is 12.2 Å². The van der Waals surface area contributed by atoms with E-state index in [2.05, 4.69) is 77.5 Å². The monoisotopic (exact) mass is 997 g/mol. The molecule has 3 rings (SSSR count). The summed E-state index contributed by atoms with van der Waals surface area (Å²) in [5.41, 5.74) is -3.59. The van der Waals surface area contributed by atoms with Crippen molar-refractivity contribution in [2.75, 3.05) is 19.0 Å². The lowest BCUT2D eigenvalue weighted by molar-refractivity contribution is -0.143. The molecule has 0 spiro atoms. The molecule has 12 nitrogen and oxygen atoms in total. The van der Waals surface area contributed by atoms with Gasteiger partial charge in [-0.1, -0.05) is 20.9 Å². The number of hydrogen-bond donors (Lipinski definition) is 0. The van der Waals surface area contributed by atoms with Gasteiger partial charge in [-0.05, 0) is 87.7 Å². The number of halogens is 12.